The zero-order valence-electron chi connectivity index (χ0n) is 14.4. The highest BCUT2D eigenvalue weighted by molar-refractivity contribution is 7.18. The van der Waals surface area contributed by atoms with E-state index in [4.69, 9.17) is 0 Å². The monoisotopic (exact) mass is 364 g/mol. The number of benzene rings is 1. The van der Waals surface area contributed by atoms with Gasteiger partial charge >= 0.3 is 0 Å². The molecule has 1 fully saturated rings. The summed E-state index contributed by atoms with van der Waals surface area (Å²) < 4.78 is 0. The number of nitro groups is 1. The first-order valence-corrected chi connectivity index (χ1v) is 9.83. The van der Waals surface area contributed by atoms with Gasteiger partial charge in [0.2, 0.25) is 0 Å². The zero-order chi connectivity index (χ0) is 17.9. The molecule has 0 bridgehead atoms. The lowest BCUT2D eigenvalue weighted by molar-refractivity contribution is -0.384. The number of rotatable bonds is 4. The summed E-state index contributed by atoms with van der Waals surface area (Å²) in [7, 11) is 0. The number of aromatic nitrogens is 1. The number of nitro benzene ring substituents is 1. The summed E-state index contributed by atoms with van der Waals surface area (Å²) in [6.07, 6.45) is 10.3. The molecule has 0 radical (unpaired) electrons. The van der Waals surface area contributed by atoms with E-state index in [9.17, 15) is 10.1 Å². The van der Waals surface area contributed by atoms with E-state index in [0.29, 0.717) is 5.92 Å². The molecule has 132 valence electrons. The lowest BCUT2D eigenvalue weighted by Crippen LogP contribution is -2.05. The van der Waals surface area contributed by atoms with Crippen molar-refractivity contribution < 1.29 is 4.92 Å². The predicted octanol–water partition coefficient (Wildman–Crippen LogP) is 6.43. The smallest absolute Gasteiger partial charge is 0.264 e. The first-order chi connectivity index (χ1) is 12.7. The van der Waals surface area contributed by atoms with Crippen LogP contribution in [-0.4, -0.2) is 9.91 Å². The highest BCUT2D eigenvalue weighted by Crippen LogP contribution is 2.41. The predicted molar refractivity (Wildman–Crippen MR) is 105 cm³/mol. The van der Waals surface area contributed by atoms with Crippen LogP contribution in [0.4, 0.5) is 5.69 Å². The van der Waals surface area contributed by atoms with Crippen LogP contribution in [-0.2, 0) is 0 Å². The highest BCUT2D eigenvalue weighted by atomic mass is 32.1. The van der Waals surface area contributed by atoms with Gasteiger partial charge in [-0.05, 0) is 48.1 Å². The van der Waals surface area contributed by atoms with E-state index in [2.05, 4.69) is 23.2 Å². The number of nitrogens with zero attached hydrogens (tertiary/aromatic N) is 2. The van der Waals surface area contributed by atoms with Crippen LogP contribution >= 0.6 is 11.3 Å². The Morgan fingerprint density at radius 3 is 2.65 bits per heavy atom. The van der Waals surface area contributed by atoms with Crippen LogP contribution in [0, 0.1) is 10.1 Å². The molecule has 4 nitrogen and oxygen atoms in total. The van der Waals surface area contributed by atoms with Gasteiger partial charge in [0.15, 0.2) is 0 Å². The number of hydrogen-bond donors (Lipinski definition) is 0. The summed E-state index contributed by atoms with van der Waals surface area (Å²) in [6, 6.07) is 13.2. The highest BCUT2D eigenvalue weighted by Gasteiger charge is 2.20. The van der Waals surface area contributed by atoms with E-state index < -0.39 is 0 Å². The van der Waals surface area contributed by atoms with Crippen LogP contribution in [0.1, 0.15) is 43.6 Å². The normalized spacial score (nSPS) is 15.1. The van der Waals surface area contributed by atoms with Crippen molar-refractivity contribution in [3.63, 3.8) is 0 Å². The average molecular weight is 364 g/mol. The van der Waals surface area contributed by atoms with Gasteiger partial charge in [0.05, 0.1) is 4.92 Å². The fourth-order valence-electron chi connectivity index (χ4n) is 3.79. The molecule has 1 aliphatic rings. The van der Waals surface area contributed by atoms with Crippen molar-refractivity contribution in [2.45, 2.75) is 38.0 Å². The van der Waals surface area contributed by atoms with E-state index in [1.54, 1.807) is 23.5 Å². The zero-order valence-corrected chi connectivity index (χ0v) is 15.2. The quantitative estimate of drug-likeness (QED) is 0.396. The molecule has 1 saturated carbocycles. The molecule has 0 atom stereocenters. The molecule has 2 heterocycles. The second-order valence-corrected chi connectivity index (χ2v) is 7.85. The van der Waals surface area contributed by atoms with Crippen molar-refractivity contribution in [2.24, 2.45) is 0 Å². The third-order valence-electron chi connectivity index (χ3n) is 5.11. The molecule has 26 heavy (non-hydrogen) atoms. The fourth-order valence-corrected chi connectivity index (χ4v) is 4.83. The van der Waals surface area contributed by atoms with Crippen molar-refractivity contribution >= 4 is 17.0 Å². The van der Waals surface area contributed by atoms with E-state index in [1.807, 2.05) is 18.5 Å². The van der Waals surface area contributed by atoms with Crippen LogP contribution in [0.15, 0.2) is 54.9 Å². The van der Waals surface area contributed by atoms with Gasteiger partial charge in [-0.25, -0.2) is 0 Å². The van der Waals surface area contributed by atoms with Gasteiger partial charge in [0.25, 0.3) is 5.69 Å². The summed E-state index contributed by atoms with van der Waals surface area (Å²) in [6.45, 7) is 0. The third kappa shape index (κ3) is 3.40. The molecule has 0 saturated heterocycles. The van der Waals surface area contributed by atoms with Gasteiger partial charge in [0, 0.05) is 39.8 Å². The first-order valence-electron chi connectivity index (χ1n) is 9.01. The molecular formula is C21H20N2O2S. The van der Waals surface area contributed by atoms with Gasteiger partial charge in [-0.1, -0.05) is 31.4 Å². The maximum atomic E-state index is 11.0. The van der Waals surface area contributed by atoms with E-state index >= 15 is 0 Å². The third-order valence-corrected chi connectivity index (χ3v) is 6.28. The Morgan fingerprint density at radius 1 is 1.04 bits per heavy atom. The second-order valence-electron chi connectivity index (χ2n) is 6.77. The Hall–Kier alpha value is -2.53. The minimum absolute atomic E-state index is 0.127. The molecule has 0 aliphatic heterocycles. The van der Waals surface area contributed by atoms with E-state index in [1.165, 1.54) is 54.2 Å². The fraction of sp³-hybridized carbons (Fsp3) is 0.286. The molecule has 2 aromatic heterocycles. The lowest BCUT2D eigenvalue weighted by Gasteiger charge is -2.23. The molecule has 0 unspecified atom stereocenters. The van der Waals surface area contributed by atoms with Crippen molar-refractivity contribution in [1.82, 2.24) is 4.98 Å². The van der Waals surface area contributed by atoms with Crippen LogP contribution in [0.5, 0.6) is 0 Å². The molecule has 3 aromatic rings. The maximum absolute atomic E-state index is 11.0. The summed E-state index contributed by atoms with van der Waals surface area (Å²) in [5, 5.41) is 11.0. The molecular weight excluding hydrogens is 344 g/mol. The molecule has 0 amide bonds. The molecule has 1 aliphatic carbocycles. The maximum Gasteiger partial charge on any atom is 0.270 e. The number of non-ortho nitro benzene ring substituents is 1. The molecule has 1 aromatic carbocycles. The number of thiophene rings is 1. The first kappa shape index (κ1) is 16.9. The van der Waals surface area contributed by atoms with Gasteiger partial charge in [-0.2, -0.15) is 0 Å². The second kappa shape index (κ2) is 7.38. The summed E-state index contributed by atoms with van der Waals surface area (Å²) in [5.41, 5.74) is 3.62. The minimum Gasteiger partial charge on any atom is -0.264 e. The SMILES string of the molecule is O=[N+]([O-])c1cccc(-c2ccc(-c3cnccc3C3CCCCC3)s2)c1. The summed E-state index contributed by atoms with van der Waals surface area (Å²) in [5.74, 6) is 0.616. The van der Waals surface area contributed by atoms with Gasteiger partial charge in [-0.15, -0.1) is 11.3 Å². The Morgan fingerprint density at radius 2 is 1.85 bits per heavy atom. The van der Waals surface area contributed by atoms with Crippen molar-refractivity contribution in [3.8, 4) is 20.9 Å². The van der Waals surface area contributed by atoms with Gasteiger partial charge in [-0.3, -0.25) is 15.1 Å². The van der Waals surface area contributed by atoms with Crippen LogP contribution in [0.25, 0.3) is 20.9 Å². The Bertz CT molecular complexity index is 929. The Balaban J connectivity index is 1.69. The Kier molecular flexibility index (Phi) is 4.80. The van der Waals surface area contributed by atoms with Gasteiger partial charge < -0.3 is 0 Å². The van der Waals surface area contributed by atoms with Crippen LogP contribution < -0.4 is 0 Å². The Labute approximate surface area is 156 Å². The van der Waals surface area contributed by atoms with Crippen LogP contribution in [0.2, 0.25) is 0 Å². The lowest BCUT2D eigenvalue weighted by atomic mass is 9.82. The average Bonchev–Trinajstić information content (AvgIpc) is 3.19. The standard InChI is InChI=1S/C21H20N2O2S/c24-23(25)17-8-4-7-16(13-17)20-9-10-21(26-20)19-14-22-12-11-18(19)15-5-2-1-3-6-15/h4,7-15H,1-3,5-6H2. The molecule has 0 spiro atoms. The van der Waals surface area contributed by atoms with Crippen molar-refractivity contribution in [2.75, 3.05) is 0 Å². The van der Waals surface area contributed by atoms with Crippen molar-refractivity contribution in [3.05, 3.63) is 70.5 Å². The van der Waals surface area contributed by atoms with Gasteiger partial charge in [0.1, 0.15) is 0 Å². The summed E-state index contributed by atoms with van der Waals surface area (Å²) >= 11 is 1.68. The minimum atomic E-state index is -0.347. The van der Waals surface area contributed by atoms with E-state index in [-0.39, 0.29) is 10.6 Å². The van der Waals surface area contributed by atoms with Crippen LogP contribution in [0.3, 0.4) is 0 Å². The summed E-state index contributed by atoms with van der Waals surface area (Å²) in [4.78, 5) is 17.3. The number of pyridine rings is 1. The largest absolute Gasteiger partial charge is 0.270 e. The van der Waals surface area contributed by atoms with E-state index in [0.717, 1.165) is 10.4 Å². The molecule has 4 rings (SSSR count). The van der Waals surface area contributed by atoms with Crippen molar-refractivity contribution in [1.29, 1.82) is 0 Å². The molecule has 0 N–H and O–H groups in total. The topological polar surface area (TPSA) is 56.0 Å². The number of hydrogen-bond acceptors (Lipinski definition) is 4. The molecule has 5 heteroatoms.